The number of amides is 1. The number of hydrogen-bond acceptors (Lipinski definition) is 4. The van der Waals surface area contributed by atoms with E-state index < -0.39 is 32.7 Å². The summed E-state index contributed by atoms with van der Waals surface area (Å²) in [6.07, 6.45) is -3.66. The van der Waals surface area contributed by atoms with E-state index in [1.54, 1.807) is 0 Å². The molecule has 0 atom stereocenters. The second kappa shape index (κ2) is 9.97. The second-order valence-electron chi connectivity index (χ2n) is 6.50. The number of carbonyl (C=O) groups is 1. The molecular weight excluding hydrogens is 480 g/mol. The van der Waals surface area contributed by atoms with Crippen molar-refractivity contribution in [2.45, 2.75) is 19.0 Å². The summed E-state index contributed by atoms with van der Waals surface area (Å²) < 4.78 is 69.2. The van der Waals surface area contributed by atoms with Crippen molar-refractivity contribution in [3.63, 3.8) is 0 Å². The molecule has 2 aromatic carbocycles. The molecule has 2 rings (SSSR count). The maximum Gasteiger partial charge on any atom is 0.417 e. The van der Waals surface area contributed by atoms with Crippen molar-refractivity contribution in [2.24, 2.45) is 0 Å². The quantitative estimate of drug-likeness (QED) is 0.542. The van der Waals surface area contributed by atoms with Crippen LogP contribution in [0.5, 0.6) is 5.75 Å². The average molecular weight is 499 g/mol. The molecule has 0 aliphatic carbocycles. The third-order valence-electron chi connectivity index (χ3n) is 4.14. The molecule has 0 aromatic heterocycles. The zero-order valence-electron chi connectivity index (χ0n) is 16.5. The molecule has 0 aliphatic heterocycles. The van der Waals surface area contributed by atoms with Crippen molar-refractivity contribution in [1.29, 1.82) is 0 Å². The molecule has 0 radical (unpaired) electrons. The first-order chi connectivity index (χ1) is 14.3. The van der Waals surface area contributed by atoms with Crippen molar-refractivity contribution >= 4 is 50.5 Å². The second-order valence-corrected chi connectivity index (χ2v) is 9.22. The molecule has 0 saturated heterocycles. The van der Waals surface area contributed by atoms with E-state index in [2.05, 4.69) is 5.32 Å². The highest BCUT2D eigenvalue weighted by Gasteiger charge is 2.33. The molecule has 0 heterocycles. The lowest BCUT2D eigenvalue weighted by Crippen LogP contribution is -2.31. The molecule has 0 saturated carbocycles. The molecule has 0 bridgehead atoms. The van der Waals surface area contributed by atoms with Gasteiger partial charge in [-0.25, -0.2) is 8.42 Å². The van der Waals surface area contributed by atoms with Gasteiger partial charge < -0.3 is 10.1 Å². The van der Waals surface area contributed by atoms with Gasteiger partial charge in [-0.15, -0.1) is 0 Å². The monoisotopic (exact) mass is 498 g/mol. The van der Waals surface area contributed by atoms with Crippen LogP contribution in [0.3, 0.4) is 0 Å². The number of hydrogen-bond donors (Lipinski definition) is 1. The van der Waals surface area contributed by atoms with Crippen LogP contribution in [0.2, 0.25) is 10.0 Å². The Morgan fingerprint density at radius 2 is 1.81 bits per heavy atom. The summed E-state index contributed by atoms with van der Waals surface area (Å²) >= 11 is 11.6. The van der Waals surface area contributed by atoms with Crippen LogP contribution in [0.15, 0.2) is 36.4 Å². The molecule has 12 heteroatoms. The number of alkyl halides is 3. The normalized spacial score (nSPS) is 11.8. The number of methoxy groups -OCH3 is 1. The Labute approximate surface area is 187 Å². The van der Waals surface area contributed by atoms with Gasteiger partial charge in [0.05, 0.1) is 34.7 Å². The van der Waals surface area contributed by atoms with Crippen LogP contribution in [0, 0.1) is 0 Å². The molecule has 6 nitrogen and oxygen atoms in total. The minimum Gasteiger partial charge on any atom is -0.495 e. The number of ether oxygens (including phenoxy) is 1. The fraction of sp³-hybridized carbons (Fsp3) is 0.316. The number of rotatable bonds is 8. The number of nitrogens with one attached hydrogen (secondary N) is 1. The van der Waals surface area contributed by atoms with Crippen molar-refractivity contribution in [2.75, 3.05) is 29.5 Å². The van der Waals surface area contributed by atoms with Gasteiger partial charge in [-0.05, 0) is 42.8 Å². The summed E-state index contributed by atoms with van der Waals surface area (Å²) in [5.74, 6) is -0.198. The predicted molar refractivity (Wildman–Crippen MR) is 115 cm³/mol. The Morgan fingerprint density at radius 3 is 2.35 bits per heavy atom. The Bertz CT molecular complexity index is 1060. The minimum absolute atomic E-state index is 0.0384. The van der Waals surface area contributed by atoms with E-state index >= 15 is 0 Å². The fourth-order valence-corrected chi connectivity index (χ4v) is 4.16. The van der Waals surface area contributed by atoms with Gasteiger partial charge in [0.15, 0.2) is 0 Å². The van der Waals surface area contributed by atoms with E-state index in [0.29, 0.717) is 11.4 Å². The molecule has 31 heavy (non-hydrogen) atoms. The Morgan fingerprint density at radius 1 is 1.13 bits per heavy atom. The lowest BCUT2D eigenvalue weighted by atomic mass is 10.2. The summed E-state index contributed by atoms with van der Waals surface area (Å²) in [4.78, 5) is 12.1. The van der Waals surface area contributed by atoms with Crippen LogP contribution >= 0.6 is 23.2 Å². The van der Waals surface area contributed by atoms with E-state index in [0.717, 1.165) is 22.7 Å². The summed E-state index contributed by atoms with van der Waals surface area (Å²) in [6, 6.07) is 7.48. The zero-order chi connectivity index (χ0) is 23.4. The highest BCUT2D eigenvalue weighted by molar-refractivity contribution is 7.92. The van der Waals surface area contributed by atoms with Crippen LogP contribution < -0.4 is 14.4 Å². The molecule has 1 N–H and O–H groups in total. The number of benzene rings is 2. The largest absolute Gasteiger partial charge is 0.495 e. The summed E-state index contributed by atoms with van der Waals surface area (Å²) in [6.45, 7) is -0.0384. The fourth-order valence-electron chi connectivity index (χ4n) is 2.72. The third kappa shape index (κ3) is 6.91. The lowest BCUT2D eigenvalue weighted by Gasteiger charge is -2.23. The minimum atomic E-state index is -4.66. The highest BCUT2D eigenvalue weighted by atomic mass is 35.5. The van der Waals surface area contributed by atoms with Crippen LogP contribution in [0.25, 0.3) is 0 Å². The molecule has 0 fully saturated rings. The molecule has 1 amide bonds. The first-order valence-corrected chi connectivity index (χ1v) is 11.4. The number of carbonyl (C=O) groups excluding carboxylic acids is 1. The Kier molecular flexibility index (Phi) is 8.07. The van der Waals surface area contributed by atoms with Crippen molar-refractivity contribution < 1.29 is 31.1 Å². The van der Waals surface area contributed by atoms with E-state index in [-0.39, 0.29) is 30.1 Å². The maximum absolute atomic E-state index is 12.9. The average Bonchev–Trinajstić information content (AvgIpc) is 2.65. The summed E-state index contributed by atoms with van der Waals surface area (Å²) in [7, 11) is -2.25. The Hall–Kier alpha value is -2.17. The smallest absolute Gasteiger partial charge is 0.417 e. The lowest BCUT2D eigenvalue weighted by molar-refractivity contribution is -0.137. The molecule has 0 aliphatic rings. The van der Waals surface area contributed by atoms with Gasteiger partial charge in [-0.1, -0.05) is 23.2 Å². The molecule has 170 valence electrons. The van der Waals surface area contributed by atoms with Gasteiger partial charge in [-0.2, -0.15) is 13.2 Å². The topological polar surface area (TPSA) is 75.7 Å². The number of nitrogens with zero attached hydrogens (tertiary/aromatic N) is 1. The SMILES string of the molecule is COc1ccc(N(CCCC(=O)Nc2ccc(Cl)c(C(F)(F)F)c2)S(C)(=O)=O)cc1Cl. The van der Waals surface area contributed by atoms with Gasteiger partial charge in [0.25, 0.3) is 0 Å². The molecule has 2 aromatic rings. The van der Waals surface area contributed by atoms with Crippen LogP contribution in [0.1, 0.15) is 18.4 Å². The third-order valence-corrected chi connectivity index (χ3v) is 5.96. The van der Waals surface area contributed by atoms with Gasteiger partial charge in [0, 0.05) is 18.7 Å². The predicted octanol–water partition coefficient (Wildman–Crippen LogP) is 5.21. The maximum atomic E-state index is 12.9. The molecular formula is C19H19Cl2F3N2O4S. The highest BCUT2D eigenvalue weighted by Crippen LogP contribution is 2.36. The van der Waals surface area contributed by atoms with Gasteiger partial charge in [-0.3, -0.25) is 9.10 Å². The Balaban J connectivity index is 2.05. The number of sulfonamides is 1. The zero-order valence-corrected chi connectivity index (χ0v) is 18.8. The van der Waals surface area contributed by atoms with E-state index in [4.69, 9.17) is 27.9 Å². The first-order valence-electron chi connectivity index (χ1n) is 8.81. The summed E-state index contributed by atoms with van der Waals surface area (Å²) in [5.41, 5.74) is -0.837. The van der Waals surface area contributed by atoms with Gasteiger partial charge in [0.2, 0.25) is 15.9 Å². The van der Waals surface area contributed by atoms with E-state index in [9.17, 15) is 26.4 Å². The molecule has 0 unspecified atom stereocenters. The van der Waals surface area contributed by atoms with Crippen molar-refractivity contribution in [1.82, 2.24) is 0 Å². The van der Waals surface area contributed by atoms with Crippen LogP contribution in [-0.4, -0.2) is 34.2 Å². The van der Waals surface area contributed by atoms with Crippen LogP contribution in [0.4, 0.5) is 24.5 Å². The van der Waals surface area contributed by atoms with Crippen molar-refractivity contribution in [3.05, 3.63) is 52.0 Å². The van der Waals surface area contributed by atoms with Gasteiger partial charge >= 0.3 is 6.18 Å². The van der Waals surface area contributed by atoms with E-state index in [1.807, 2.05) is 0 Å². The van der Waals surface area contributed by atoms with Crippen molar-refractivity contribution in [3.8, 4) is 5.75 Å². The first kappa shape index (κ1) is 25.1. The number of halogens is 5. The molecule has 0 spiro atoms. The summed E-state index contributed by atoms with van der Waals surface area (Å²) in [5, 5.41) is 2.09. The standard InChI is InChI=1S/C19H19Cl2F3N2O4S/c1-30-17-8-6-13(11-16(17)21)26(31(2,28)29)9-3-4-18(27)25-12-5-7-15(20)14(10-12)19(22,23)24/h5-8,10-11H,3-4,9H2,1-2H3,(H,25,27). The van der Waals surface area contributed by atoms with Crippen LogP contribution in [-0.2, 0) is 21.0 Å². The van der Waals surface area contributed by atoms with E-state index in [1.165, 1.54) is 31.4 Å². The van der Waals surface area contributed by atoms with Gasteiger partial charge in [0.1, 0.15) is 5.75 Å². The number of anilines is 2.